The minimum atomic E-state index is -0.240. The molecular formula is C13H14BrN3O3. The Hall–Kier alpha value is -1.63. The second-order valence-electron chi connectivity index (χ2n) is 4.81. The highest BCUT2D eigenvalue weighted by Crippen LogP contribution is 2.31. The van der Waals surface area contributed by atoms with Gasteiger partial charge in [-0.2, -0.15) is 0 Å². The summed E-state index contributed by atoms with van der Waals surface area (Å²) in [6.45, 7) is 1.52. The summed E-state index contributed by atoms with van der Waals surface area (Å²) in [5.41, 5.74) is 0. The van der Waals surface area contributed by atoms with E-state index in [1.165, 1.54) is 4.90 Å². The van der Waals surface area contributed by atoms with E-state index in [1.54, 1.807) is 17.0 Å². The molecule has 3 rings (SSSR count). The van der Waals surface area contributed by atoms with Crippen molar-refractivity contribution in [2.45, 2.75) is 12.8 Å². The van der Waals surface area contributed by atoms with E-state index in [1.807, 2.05) is 0 Å². The summed E-state index contributed by atoms with van der Waals surface area (Å²) >= 11 is 3.27. The molecule has 0 spiro atoms. The fourth-order valence-electron chi connectivity index (χ4n) is 2.42. The molecule has 1 aromatic rings. The van der Waals surface area contributed by atoms with Gasteiger partial charge < -0.3 is 9.64 Å². The van der Waals surface area contributed by atoms with E-state index >= 15 is 0 Å². The Bertz CT molecular complexity index is 558. The van der Waals surface area contributed by atoms with Crippen molar-refractivity contribution in [1.29, 1.82) is 0 Å². The lowest BCUT2D eigenvalue weighted by Crippen LogP contribution is -2.46. The van der Waals surface area contributed by atoms with E-state index in [9.17, 15) is 9.59 Å². The third-order valence-corrected chi connectivity index (χ3v) is 3.91. The molecule has 0 aliphatic carbocycles. The molecule has 20 heavy (non-hydrogen) atoms. The molecule has 3 heterocycles. The van der Waals surface area contributed by atoms with E-state index in [2.05, 4.69) is 20.9 Å². The van der Waals surface area contributed by atoms with Gasteiger partial charge in [-0.3, -0.25) is 14.5 Å². The summed E-state index contributed by atoms with van der Waals surface area (Å²) in [5, 5.41) is 0. The Morgan fingerprint density at radius 2 is 2.10 bits per heavy atom. The van der Waals surface area contributed by atoms with Gasteiger partial charge in [0, 0.05) is 13.1 Å². The summed E-state index contributed by atoms with van der Waals surface area (Å²) < 4.78 is 5.93. The van der Waals surface area contributed by atoms with Crippen molar-refractivity contribution in [2.24, 2.45) is 0 Å². The van der Waals surface area contributed by atoms with Crippen LogP contribution < -0.4 is 9.64 Å². The number of rotatable bonds is 2. The number of halogens is 1. The topological polar surface area (TPSA) is 62.7 Å². The lowest BCUT2D eigenvalue weighted by Gasteiger charge is -2.29. The third kappa shape index (κ3) is 2.49. The molecule has 1 saturated heterocycles. The van der Waals surface area contributed by atoms with Crippen LogP contribution in [0.15, 0.2) is 16.7 Å². The predicted octanol–water partition coefficient (Wildman–Crippen LogP) is 1.19. The molecule has 0 radical (unpaired) electrons. The number of carbonyl (C=O) groups is 2. The maximum atomic E-state index is 12.2. The molecule has 106 valence electrons. The molecule has 1 fully saturated rings. The van der Waals surface area contributed by atoms with Gasteiger partial charge in [-0.1, -0.05) is 0 Å². The molecule has 2 aliphatic heterocycles. The van der Waals surface area contributed by atoms with E-state index in [-0.39, 0.29) is 25.0 Å². The highest BCUT2D eigenvalue weighted by molar-refractivity contribution is 9.10. The highest BCUT2D eigenvalue weighted by atomic mass is 79.9. The number of nitrogens with zero attached hydrogens (tertiary/aromatic N) is 3. The van der Waals surface area contributed by atoms with E-state index in [0.717, 1.165) is 25.9 Å². The van der Waals surface area contributed by atoms with E-state index in [4.69, 9.17) is 4.74 Å². The van der Waals surface area contributed by atoms with Crippen molar-refractivity contribution >= 4 is 33.6 Å². The summed E-state index contributed by atoms with van der Waals surface area (Å²) in [5.74, 6) is 0.659. The maximum Gasteiger partial charge on any atom is 0.266 e. The fraction of sp³-hybridized carbons (Fsp3) is 0.462. The van der Waals surface area contributed by atoms with Gasteiger partial charge >= 0.3 is 0 Å². The van der Waals surface area contributed by atoms with Crippen LogP contribution in [0, 0.1) is 0 Å². The van der Waals surface area contributed by atoms with E-state index in [0.29, 0.717) is 16.2 Å². The second kappa shape index (κ2) is 5.40. The van der Waals surface area contributed by atoms with Gasteiger partial charge in [0.05, 0.1) is 0 Å². The average Bonchev–Trinajstić information content (AvgIpc) is 2.96. The van der Waals surface area contributed by atoms with Crippen molar-refractivity contribution in [1.82, 2.24) is 9.88 Å². The van der Waals surface area contributed by atoms with Crippen LogP contribution in [0.3, 0.4) is 0 Å². The monoisotopic (exact) mass is 339 g/mol. The minimum Gasteiger partial charge on any atom is -0.480 e. The lowest BCUT2D eigenvalue weighted by molar-refractivity contribution is -0.131. The molecule has 0 aromatic carbocycles. The van der Waals surface area contributed by atoms with Gasteiger partial charge in [0.25, 0.3) is 5.91 Å². The number of pyridine rings is 1. The van der Waals surface area contributed by atoms with Crippen molar-refractivity contribution in [3.8, 4) is 5.75 Å². The van der Waals surface area contributed by atoms with Crippen LogP contribution in [-0.4, -0.2) is 47.9 Å². The first-order valence-electron chi connectivity index (χ1n) is 6.52. The van der Waals surface area contributed by atoms with Crippen LogP contribution in [0.5, 0.6) is 5.75 Å². The molecule has 2 aliphatic rings. The molecule has 6 nitrogen and oxygen atoms in total. The van der Waals surface area contributed by atoms with Crippen LogP contribution in [0.25, 0.3) is 0 Å². The Labute approximate surface area is 124 Å². The molecular weight excluding hydrogens is 326 g/mol. The number of anilines is 1. The van der Waals surface area contributed by atoms with Crippen molar-refractivity contribution < 1.29 is 14.3 Å². The quantitative estimate of drug-likeness (QED) is 0.759. The van der Waals surface area contributed by atoms with Gasteiger partial charge in [-0.25, -0.2) is 4.98 Å². The van der Waals surface area contributed by atoms with Crippen molar-refractivity contribution in [3.63, 3.8) is 0 Å². The van der Waals surface area contributed by atoms with Crippen LogP contribution in [0.4, 0.5) is 5.82 Å². The molecule has 2 amide bonds. The number of ether oxygens (including phenoxy) is 1. The van der Waals surface area contributed by atoms with Gasteiger partial charge in [0.2, 0.25) is 5.91 Å². The van der Waals surface area contributed by atoms with Gasteiger partial charge in [0.15, 0.2) is 18.2 Å². The largest absolute Gasteiger partial charge is 0.480 e. The highest BCUT2D eigenvalue weighted by Gasteiger charge is 2.30. The van der Waals surface area contributed by atoms with Crippen LogP contribution in [0.2, 0.25) is 0 Å². The van der Waals surface area contributed by atoms with Crippen LogP contribution in [-0.2, 0) is 9.59 Å². The van der Waals surface area contributed by atoms with Crippen LogP contribution >= 0.6 is 15.9 Å². The zero-order valence-electron chi connectivity index (χ0n) is 10.8. The summed E-state index contributed by atoms with van der Waals surface area (Å²) in [4.78, 5) is 31.6. The number of aromatic nitrogens is 1. The van der Waals surface area contributed by atoms with Gasteiger partial charge in [-0.15, -0.1) is 0 Å². The average molecular weight is 340 g/mol. The first kappa shape index (κ1) is 13.4. The number of likely N-dealkylation sites (tertiary alicyclic amines) is 1. The molecule has 0 unspecified atom stereocenters. The first-order chi connectivity index (χ1) is 9.65. The zero-order chi connectivity index (χ0) is 14.1. The Morgan fingerprint density at radius 1 is 1.35 bits per heavy atom. The molecule has 0 saturated carbocycles. The molecule has 0 bridgehead atoms. The number of hydrogen-bond acceptors (Lipinski definition) is 4. The van der Waals surface area contributed by atoms with Crippen molar-refractivity contribution in [3.05, 3.63) is 16.7 Å². The van der Waals surface area contributed by atoms with Crippen molar-refractivity contribution in [2.75, 3.05) is 31.1 Å². The smallest absolute Gasteiger partial charge is 0.266 e. The van der Waals surface area contributed by atoms with Crippen LogP contribution in [0.1, 0.15) is 12.8 Å². The molecule has 1 aromatic heterocycles. The Balaban J connectivity index is 1.83. The normalized spacial score (nSPS) is 17.9. The second-order valence-corrected chi connectivity index (χ2v) is 5.62. The maximum absolute atomic E-state index is 12.2. The number of carbonyl (C=O) groups excluding carboxylic acids is 2. The van der Waals surface area contributed by atoms with E-state index < -0.39 is 0 Å². The molecule has 0 atom stereocenters. The lowest BCUT2D eigenvalue weighted by atomic mass is 10.3. The summed E-state index contributed by atoms with van der Waals surface area (Å²) in [7, 11) is 0. The zero-order valence-corrected chi connectivity index (χ0v) is 12.4. The number of amides is 2. The minimum absolute atomic E-state index is 0.0264. The number of fused-ring (bicyclic) bond motifs is 1. The fourth-order valence-corrected chi connectivity index (χ4v) is 2.72. The predicted molar refractivity (Wildman–Crippen MR) is 75.6 cm³/mol. The SMILES string of the molecule is O=C(CN1C(=O)COc2ccc(Br)nc21)N1CCCC1. The third-order valence-electron chi connectivity index (χ3n) is 3.47. The standard InChI is InChI=1S/C13H14BrN3O3/c14-10-4-3-9-13(15-10)17(12(19)8-20-9)7-11(18)16-5-1-2-6-16/h3-4H,1-2,5-8H2. The first-order valence-corrected chi connectivity index (χ1v) is 7.32. The number of hydrogen-bond donors (Lipinski definition) is 0. The Kier molecular flexibility index (Phi) is 3.60. The molecule has 0 N–H and O–H groups in total. The molecule has 7 heteroatoms. The Morgan fingerprint density at radius 3 is 2.85 bits per heavy atom. The van der Waals surface area contributed by atoms with Gasteiger partial charge in [-0.05, 0) is 40.9 Å². The van der Waals surface area contributed by atoms with Gasteiger partial charge in [0.1, 0.15) is 11.1 Å². The summed E-state index contributed by atoms with van der Waals surface area (Å²) in [6, 6.07) is 3.49. The summed E-state index contributed by atoms with van der Waals surface area (Å²) in [6.07, 6.45) is 2.06.